The number of halogens is 2. The van der Waals surface area contributed by atoms with Crippen molar-refractivity contribution in [3.05, 3.63) is 0 Å². The van der Waals surface area contributed by atoms with Gasteiger partial charge in [0.15, 0.2) is 0 Å². The molecule has 3 rings (SSSR count). The molecule has 6 N–H and O–H groups in total. The number of hydrogen-bond acceptors (Lipinski definition) is 13. The number of carboxylic acids is 1. The predicted molar refractivity (Wildman–Crippen MR) is 190 cm³/mol. The smallest absolute Gasteiger partial charge is 0.870 e. The van der Waals surface area contributed by atoms with E-state index in [1.807, 2.05) is 4.90 Å². The van der Waals surface area contributed by atoms with Crippen molar-refractivity contribution in [2.45, 2.75) is 71.6 Å². The molecule has 5 amide bonds. The molecule has 53 heavy (non-hydrogen) atoms. The van der Waals surface area contributed by atoms with Crippen molar-refractivity contribution in [3.63, 3.8) is 0 Å². The first kappa shape index (κ1) is 56.5. The Morgan fingerprint density at radius 3 is 1.34 bits per heavy atom. The molecular formula is C31H53BrClLiN6O13. The van der Waals surface area contributed by atoms with Crippen LogP contribution in [0.2, 0.25) is 0 Å². The Kier molecular flexibility index (Phi) is 36.7. The van der Waals surface area contributed by atoms with Gasteiger partial charge in [0.1, 0.15) is 0 Å². The number of esters is 2. The molecule has 0 aromatic rings. The number of aliphatic carboxylic acids is 1. The number of piperidine rings is 3. The molecule has 3 heterocycles. The molecule has 0 unspecified atom stereocenters. The maximum Gasteiger partial charge on any atom is 1.00 e. The zero-order chi connectivity index (χ0) is 37.9. The maximum atomic E-state index is 11.4. The van der Waals surface area contributed by atoms with Crippen molar-refractivity contribution in [2.75, 3.05) is 72.1 Å². The van der Waals surface area contributed by atoms with E-state index in [0.717, 1.165) is 64.6 Å². The van der Waals surface area contributed by atoms with E-state index < -0.39 is 35.0 Å². The zero-order valence-electron chi connectivity index (χ0n) is 30.7. The third-order valence-electron chi connectivity index (χ3n) is 7.09. The monoisotopic (exact) mass is 838 g/mol. The van der Waals surface area contributed by atoms with Crippen molar-refractivity contribution in [1.82, 2.24) is 25.3 Å². The summed E-state index contributed by atoms with van der Waals surface area (Å²) in [5.41, 5.74) is 5.33. The first-order chi connectivity index (χ1) is 23.8. The minimum absolute atomic E-state index is 0. The summed E-state index contributed by atoms with van der Waals surface area (Å²) < 4.78 is 8.72. The summed E-state index contributed by atoms with van der Waals surface area (Å²) in [5, 5.41) is 11.8. The molecule has 3 fully saturated rings. The molecule has 3 saturated heterocycles. The van der Waals surface area contributed by atoms with Crippen LogP contribution >= 0.6 is 28.6 Å². The number of nitrogens with zero attached hydrogens (tertiary/aromatic N) is 3. The van der Waals surface area contributed by atoms with Gasteiger partial charge >= 0.3 is 53.8 Å². The molecule has 22 heteroatoms. The molecule has 0 radical (unpaired) electrons. The van der Waals surface area contributed by atoms with Gasteiger partial charge in [0.05, 0.1) is 13.2 Å². The number of likely N-dealkylation sites (tertiary alicyclic amines) is 3. The van der Waals surface area contributed by atoms with Crippen molar-refractivity contribution in [3.8, 4) is 0 Å². The first-order valence-corrected chi connectivity index (χ1v) is 17.0. The molecule has 0 aromatic heterocycles. The quantitative estimate of drug-likeness (QED) is 0.0682. The summed E-state index contributed by atoms with van der Waals surface area (Å²) in [6.45, 7) is 8.56. The molecule has 0 spiro atoms. The first-order valence-electron chi connectivity index (χ1n) is 16.6. The number of carboxylic acid groups (broad SMARTS) is 1. The van der Waals surface area contributed by atoms with Crippen LogP contribution < -0.4 is 35.2 Å². The van der Waals surface area contributed by atoms with Crippen LogP contribution in [0.5, 0.6) is 0 Å². The van der Waals surface area contributed by atoms with Crippen LogP contribution in [0.4, 0.5) is 0 Å². The number of carbonyl (C=O) groups excluding carboxylic acids is 8. The summed E-state index contributed by atoms with van der Waals surface area (Å²) in [5.74, 6) is -4.69. The number of nitrogens with two attached hydrogens (primary N) is 1. The van der Waals surface area contributed by atoms with E-state index in [9.17, 15) is 43.2 Å². The normalized spacial score (nSPS) is 14.6. The fraction of sp³-hybridized carbons (Fsp3) is 0.710. The van der Waals surface area contributed by atoms with Gasteiger partial charge in [0.2, 0.25) is 17.7 Å². The molecule has 19 nitrogen and oxygen atoms in total. The van der Waals surface area contributed by atoms with Gasteiger partial charge in [-0.1, -0.05) is 0 Å². The Morgan fingerprint density at radius 2 is 1.04 bits per heavy atom. The van der Waals surface area contributed by atoms with Crippen LogP contribution in [0.15, 0.2) is 0 Å². The summed E-state index contributed by atoms with van der Waals surface area (Å²) in [7, 11) is 0. The van der Waals surface area contributed by atoms with E-state index in [-0.39, 0.29) is 85.3 Å². The Hall–Kier alpha value is -3.28. The molecule has 0 saturated carbocycles. The fourth-order valence-electron chi connectivity index (χ4n) is 4.59. The molecule has 300 valence electrons. The Bertz CT molecular complexity index is 1170. The number of hydrogen-bond donors (Lipinski definition) is 4. The number of amides is 5. The standard InChI is InChI=1S/C11H18N2O4.C9H14N2O4.C7H14N2O.C4H5ClO3.BrH.Li.H2O/c1-2-17-11(16)10(15)12-6-8-13-7-4-3-5-9(13)14;12-7-3-1-2-5-11(7)6-4-10-8(13)9(14)15;8-4-6-9-5-2-1-3-7(9)10;1-2-8-4(7)3(5)6;;;/h2-8H2,1H3,(H,12,15);1-6H2,(H,10,13)(H,14,15);1-6,8H2;2H2,1H3;1H;;1H2/q;;;;;+1;/p-1. The number of carbonyl (C=O) groups is 9. The Morgan fingerprint density at radius 1 is 0.679 bits per heavy atom. The summed E-state index contributed by atoms with van der Waals surface area (Å²) >= 11 is 4.69. The van der Waals surface area contributed by atoms with Crippen LogP contribution in [0.3, 0.4) is 0 Å². The van der Waals surface area contributed by atoms with Crippen molar-refractivity contribution in [2.24, 2.45) is 5.73 Å². The number of nitrogens with one attached hydrogen (secondary N) is 2. The summed E-state index contributed by atoms with van der Waals surface area (Å²) in [4.78, 5) is 102. The van der Waals surface area contributed by atoms with Gasteiger partial charge in [0.25, 0.3) is 0 Å². The van der Waals surface area contributed by atoms with Crippen LogP contribution in [-0.2, 0) is 52.6 Å². The van der Waals surface area contributed by atoms with Gasteiger partial charge in [0, 0.05) is 78.2 Å². The summed E-state index contributed by atoms with van der Waals surface area (Å²) in [6, 6.07) is 0. The van der Waals surface area contributed by atoms with Crippen molar-refractivity contribution in [1.29, 1.82) is 0 Å². The van der Waals surface area contributed by atoms with Gasteiger partial charge in [-0.3, -0.25) is 28.8 Å². The average molecular weight is 840 g/mol. The molecular weight excluding hydrogens is 787 g/mol. The molecule has 0 aliphatic carbocycles. The molecule has 3 aliphatic heterocycles. The molecule has 0 atom stereocenters. The number of ether oxygens (including phenoxy) is 2. The van der Waals surface area contributed by atoms with E-state index >= 15 is 0 Å². The van der Waals surface area contributed by atoms with E-state index in [1.165, 1.54) is 0 Å². The topological polar surface area (TPSA) is 282 Å². The average Bonchev–Trinajstić information content (AvgIpc) is 3.08. The van der Waals surface area contributed by atoms with E-state index in [1.54, 1.807) is 23.6 Å². The van der Waals surface area contributed by atoms with Gasteiger partial charge in [-0.25, -0.2) is 14.4 Å². The van der Waals surface area contributed by atoms with Gasteiger partial charge in [-0.2, -0.15) is 0 Å². The van der Waals surface area contributed by atoms with Crippen LogP contribution in [0.1, 0.15) is 71.6 Å². The molecule has 0 bridgehead atoms. The second kappa shape index (κ2) is 34.5. The SMILES string of the molecule is Br.CCOC(=O)C(=O)Cl.CCOC(=O)C(=O)NCCN1CCCCC1=O.NCCN1CCCCC1=O.O=C(O)C(=O)NCCN1CCCCC1=O.[Li+].[OH-]. The third-order valence-corrected chi connectivity index (χ3v) is 7.24. The molecule has 0 aromatic carbocycles. The van der Waals surface area contributed by atoms with Crippen molar-refractivity contribution >= 4 is 81.3 Å². The van der Waals surface area contributed by atoms with E-state index in [4.69, 9.17) is 22.4 Å². The fourth-order valence-corrected chi connectivity index (χ4v) is 4.65. The van der Waals surface area contributed by atoms with E-state index in [2.05, 4.69) is 20.1 Å². The predicted octanol–water partition coefficient (Wildman–Crippen LogP) is -3.44. The van der Waals surface area contributed by atoms with E-state index in [0.29, 0.717) is 39.0 Å². The van der Waals surface area contributed by atoms with Crippen LogP contribution in [0.25, 0.3) is 0 Å². The second-order valence-electron chi connectivity index (χ2n) is 10.8. The maximum absolute atomic E-state index is 11.4. The second-order valence-corrected chi connectivity index (χ2v) is 11.2. The van der Waals surface area contributed by atoms with Crippen molar-refractivity contribution < 1.29 is 82.1 Å². The molecule has 3 aliphatic rings. The number of rotatable bonds is 11. The van der Waals surface area contributed by atoms with Crippen LogP contribution in [0, 0.1) is 0 Å². The van der Waals surface area contributed by atoms with Gasteiger partial charge in [-0.15, -0.1) is 17.0 Å². The minimum Gasteiger partial charge on any atom is -0.870 e. The van der Waals surface area contributed by atoms with Gasteiger partial charge in [-0.05, 0) is 64.0 Å². The van der Waals surface area contributed by atoms with Gasteiger partial charge < -0.3 is 51.1 Å². The zero-order valence-corrected chi connectivity index (χ0v) is 33.2. The largest absolute Gasteiger partial charge is 1.00 e. The Labute approximate surface area is 336 Å². The third kappa shape index (κ3) is 27.0. The summed E-state index contributed by atoms with van der Waals surface area (Å²) in [6.07, 6.45) is 7.86. The van der Waals surface area contributed by atoms with Crippen LogP contribution in [-0.4, -0.2) is 150 Å². The minimum atomic E-state index is -1.50. The Balaban J connectivity index is -0.000000307.